The number of nitrogens with zero attached hydrogens (tertiary/aromatic N) is 1. The van der Waals surface area contributed by atoms with E-state index in [4.69, 9.17) is 5.73 Å². The number of nitrogens with two attached hydrogens (primary N) is 1. The first-order chi connectivity index (χ1) is 10.2. The molecule has 3 N–H and O–H groups in total. The lowest BCUT2D eigenvalue weighted by molar-refractivity contribution is -0.383. The van der Waals surface area contributed by atoms with Crippen LogP contribution >= 0.6 is 0 Å². The van der Waals surface area contributed by atoms with Crippen LogP contribution in [0, 0.1) is 24.0 Å². The topological polar surface area (TPSA) is 115 Å². The minimum absolute atomic E-state index is 0.0283. The Morgan fingerprint density at radius 3 is 2.41 bits per heavy atom. The fourth-order valence-corrected chi connectivity index (χ4v) is 3.35. The third-order valence-electron chi connectivity index (χ3n) is 3.10. The van der Waals surface area contributed by atoms with Crippen molar-refractivity contribution in [3.05, 3.63) is 57.6 Å². The predicted octanol–water partition coefficient (Wildman–Crippen LogP) is 2.59. The summed E-state index contributed by atoms with van der Waals surface area (Å²) >= 11 is 0. The maximum atomic E-state index is 12.4. The Bertz CT molecular complexity index is 847. The molecule has 22 heavy (non-hydrogen) atoms. The largest absolute Gasteiger partial charge is 0.393 e. The first-order valence-electron chi connectivity index (χ1n) is 6.35. The average molecular weight is 321 g/mol. The molecule has 2 aromatic carbocycles. The molecule has 0 fully saturated rings. The smallest absolute Gasteiger partial charge is 0.294 e. The number of hydrogen-bond acceptors (Lipinski definition) is 5. The molecule has 8 heteroatoms. The standard InChI is InChI=1S/C14H15N3O4S/c1-9-3-6-14(10(2)7-9)22(20,21)16-11-4-5-12(15)13(8-11)17(18)19/h3-8,16H,15H2,1-2H3. The molecule has 0 atom stereocenters. The summed E-state index contributed by atoms with van der Waals surface area (Å²) in [6.45, 7) is 3.55. The van der Waals surface area contributed by atoms with Crippen LogP contribution in [0.4, 0.5) is 17.1 Å². The summed E-state index contributed by atoms with van der Waals surface area (Å²) in [5.74, 6) is 0. The molecular weight excluding hydrogens is 306 g/mol. The first-order valence-corrected chi connectivity index (χ1v) is 7.83. The molecule has 2 rings (SSSR count). The molecule has 0 radical (unpaired) electrons. The third kappa shape index (κ3) is 3.17. The number of hydrogen-bond donors (Lipinski definition) is 2. The number of sulfonamides is 1. The van der Waals surface area contributed by atoms with Crippen molar-refractivity contribution in [2.24, 2.45) is 0 Å². The molecule has 0 unspecified atom stereocenters. The number of anilines is 2. The molecule has 0 saturated carbocycles. The summed E-state index contributed by atoms with van der Waals surface area (Å²) in [6, 6.07) is 8.70. The van der Waals surface area contributed by atoms with Gasteiger partial charge in [-0.25, -0.2) is 8.42 Å². The fraction of sp³-hybridized carbons (Fsp3) is 0.143. The van der Waals surface area contributed by atoms with Crippen LogP contribution in [-0.4, -0.2) is 13.3 Å². The van der Waals surface area contributed by atoms with Crippen LogP contribution in [-0.2, 0) is 10.0 Å². The molecule has 0 saturated heterocycles. The summed E-state index contributed by atoms with van der Waals surface area (Å²) in [6.07, 6.45) is 0. The van der Waals surface area contributed by atoms with E-state index in [9.17, 15) is 18.5 Å². The number of nitro benzene ring substituents is 1. The van der Waals surface area contributed by atoms with Crippen molar-refractivity contribution in [2.75, 3.05) is 10.5 Å². The second-order valence-corrected chi connectivity index (χ2v) is 6.56. The SMILES string of the molecule is Cc1ccc(S(=O)(=O)Nc2ccc(N)c([N+](=O)[O-])c2)c(C)c1. The van der Waals surface area contributed by atoms with Crippen molar-refractivity contribution in [3.63, 3.8) is 0 Å². The number of nitrogens with one attached hydrogen (secondary N) is 1. The summed E-state index contributed by atoms with van der Waals surface area (Å²) in [5, 5.41) is 10.8. The molecule has 0 spiro atoms. The third-order valence-corrected chi connectivity index (χ3v) is 4.64. The van der Waals surface area contributed by atoms with Gasteiger partial charge in [-0.05, 0) is 37.6 Å². The zero-order chi connectivity index (χ0) is 16.5. The first kappa shape index (κ1) is 15.8. The van der Waals surface area contributed by atoms with Gasteiger partial charge in [-0.1, -0.05) is 17.7 Å². The van der Waals surface area contributed by atoms with Crippen LogP contribution in [0.2, 0.25) is 0 Å². The van der Waals surface area contributed by atoms with Gasteiger partial charge in [0.2, 0.25) is 0 Å². The summed E-state index contributed by atoms with van der Waals surface area (Å²) in [4.78, 5) is 10.3. The summed E-state index contributed by atoms with van der Waals surface area (Å²) in [5.41, 5.74) is 6.74. The van der Waals surface area contributed by atoms with Crippen molar-refractivity contribution >= 4 is 27.1 Å². The van der Waals surface area contributed by atoms with E-state index in [0.717, 1.165) is 11.6 Å². The van der Waals surface area contributed by atoms with Gasteiger partial charge in [-0.3, -0.25) is 14.8 Å². The van der Waals surface area contributed by atoms with Gasteiger partial charge < -0.3 is 5.73 Å². The number of aryl methyl sites for hydroxylation is 2. The maximum Gasteiger partial charge on any atom is 0.294 e. The highest BCUT2D eigenvalue weighted by Gasteiger charge is 2.19. The molecule has 0 aromatic heterocycles. The van der Waals surface area contributed by atoms with Gasteiger partial charge >= 0.3 is 0 Å². The molecular formula is C14H15N3O4S. The normalized spacial score (nSPS) is 11.2. The van der Waals surface area contributed by atoms with Gasteiger partial charge in [-0.15, -0.1) is 0 Å². The van der Waals surface area contributed by atoms with Crippen LogP contribution in [0.3, 0.4) is 0 Å². The minimum atomic E-state index is -3.83. The van der Waals surface area contributed by atoms with E-state index in [2.05, 4.69) is 4.72 Å². The summed E-state index contributed by atoms with van der Waals surface area (Å²) < 4.78 is 27.1. The van der Waals surface area contributed by atoms with E-state index in [0.29, 0.717) is 5.56 Å². The Balaban J connectivity index is 2.41. The molecule has 0 aliphatic heterocycles. The molecule has 0 bridgehead atoms. The number of nitro groups is 1. The van der Waals surface area contributed by atoms with Gasteiger partial charge in [0.15, 0.2) is 0 Å². The molecule has 116 valence electrons. The van der Waals surface area contributed by atoms with Crippen molar-refractivity contribution in [3.8, 4) is 0 Å². The number of benzene rings is 2. The average Bonchev–Trinajstić information content (AvgIpc) is 2.39. The molecule has 0 amide bonds. The van der Waals surface area contributed by atoms with E-state index in [1.807, 2.05) is 6.92 Å². The highest BCUT2D eigenvalue weighted by atomic mass is 32.2. The summed E-state index contributed by atoms with van der Waals surface area (Å²) in [7, 11) is -3.83. The van der Waals surface area contributed by atoms with Crippen LogP contribution in [0.5, 0.6) is 0 Å². The Morgan fingerprint density at radius 1 is 1.14 bits per heavy atom. The molecule has 0 aliphatic rings. The Kier molecular flexibility index (Phi) is 4.05. The van der Waals surface area contributed by atoms with Crippen molar-refractivity contribution in [1.29, 1.82) is 0 Å². The van der Waals surface area contributed by atoms with Gasteiger partial charge in [-0.2, -0.15) is 0 Å². The Morgan fingerprint density at radius 2 is 1.82 bits per heavy atom. The van der Waals surface area contributed by atoms with E-state index >= 15 is 0 Å². The zero-order valence-corrected chi connectivity index (χ0v) is 12.8. The predicted molar refractivity (Wildman–Crippen MR) is 84.2 cm³/mol. The molecule has 2 aromatic rings. The molecule has 7 nitrogen and oxygen atoms in total. The van der Waals surface area contributed by atoms with E-state index < -0.39 is 14.9 Å². The lowest BCUT2D eigenvalue weighted by atomic mass is 10.2. The van der Waals surface area contributed by atoms with Crippen molar-refractivity contribution in [2.45, 2.75) is 18.7 Å². The number of nitrogen functional groups attached to an aromatic ring is 1. The van der Waals surface area contributed by atoms with Crippen LogP contribution in [0.1, 0.15) is 11.1 Å². The highest BCUT2D eigenvalue weighted by molar-refractivity contribution is 7.92. The quantitative estimate of drug-likeness (QED) is 0.510. The van der Waals surface area contributed by atoms with Crippen LogP contribution in [0.25, 0.3) is 0 Å². The lowest BCUT2D eigenvalue weighted by Gasteiger charge is -2.11. The van der Waals surface area contributed by atoms with E-state index in [-0.39, 0.29) is 22.0 Å². The molecule has 0 heterocycles. The van der Waals surface area contributed by atoms with Crippen LogP contribution in [0.15, 0.2) is 41.3 Å². The Labute approximate surface area is 128 Å². The lowest BCUT2D eigenvalue weighted by Crippen LogP contribution is -2.14. The van der Waals surface area contributed by atoms with E-state index in [1.54, 1.807) is 19.1 Å². The maximum absolute atomic E-state index is 12.4. The van der Waals surface area contributed by atoms with Gasteiger partial charge in [0.25, 0.3) is 15.7 Å². The van der Waals surface area contributed by atoms with E-state index in [1.165, 1.54) is 18.2 Å². The molecule has 0 aliphatic carbocycles. The Hall–Kier alpha value is -2.61. The second kappa shape index (κ2) is 5.64. The minimum Gasteiger partial charge on any atom is -0.393 e. The van der Waals surface area contributed by atoms with Crippen LogP contribution < -0.4 is 10.5 Å². The monoisotopic (exact) mass is 321 g/mol. The van der Waals surface area contributed by atoms with Gasteiger partial charge in [0.1, 0.15) is 5.69 Å². The van der Waals surface area contributed by atoms with Gasteiger partial charge in [0.05, 0.1) is 15.5 Å². The fourth-order valence-electron chi connectivity index (χ4n) is 2.08. The number of rotatable bonds is 4. The van der Waals surface area contributed by atoms with Crippen molar-refractivity contribution in [1.82, 2.24) is 0 Å². The highest BCUT2D eigenvalue weighted by Crippen LogP contribution is 2.27. The zero-order valence-electron chi connectivity index (χ0n) is 12.0. The van der Waals surface area contributed by atoms with Gasteiger partial charge in [0, 0.05) is 6.07 Å². The second-order valence-electron chi connectivity index (χ2n) is 4.91. The van der Waals surface area contributed by atoms with Crippen molar-refractivity contribution < 1.29 is 13.3 Å².